The van der Waals surface area contributed by atoms with Gasteiger partial charge in [-0.05, 0) is 46.2 Å². The molecule has 4 rings (SSSR count). The average molecular weight is 442 g/mol. The summed E-state index contributed by atoms with van der Waals surface area (Å²) in [7, 11) is 1.96. The lowest BCUT2D eigenvalue weighted by atomic mass is 10.1. The van der Waals surface area contributed by atoms with Crippen LogP contribution in [0, 0.1) is 12.7 Å². The number of anilines is 2. The topological polar surface area (TPSA) is 96.7 Å². The maximum absolute atomic E-state index is 14.4. The molecule has 1 saturated heterocycles. The van der Waals surface area contributed by atoms with E-state index in [1.807, 2.05) is 18.9 Å². The van der Waals surface area contributed by atoms with Crippen LogP contribution < -0.4 is 20.3 Å². The molecule has 9 nitrogen and oxygen atoms in total. The number of pyridine rings is 1. The summed E-state index contributed by atoms with van der Waals surface area (Å²) in [5.74, 6) is -0.282. The zero-order chi connectivity index (χ0) is 22.7. The largest absolute Gasteiger partial charge is 0.477 e. The second-order valence-electron chi connectivity index (χ2n) is 7.91. The highest BCUT2D eigenvalue weighted by Gasteiger charge is 2.23. The van der Waals surface area contributed by atoms with Crippen LogP contribution in [-0.2, 0) is 0 Å². The van der Waals surface area contributed by atoms with Gasteiger partial charge in [0.05, 0.1) is 18.0 Å². The highest BCUT2D eigenvalue weighted by molar-refractivity contribution is 6.05. The SMILES string of the molecule is CCOc1nc(N(C)C2CCCNCC2)ncc1C(=O)Nc1cc(F)c2nc(C)cn2c1. The third kappa shape index (κ3) is 4.64. The summed E-state index contributed by atoms with van der Waals surface area (Å²) in [5, 5.41) is 6.11. The lowest BCUT2D eigenvalue weighted by Gasteiger charge is -2.27. The van der Waals surface area contributed by atoms with Crippen LogP contribution in [0.25, 0.3) is 5.65 Å². The Morgan fingerprint density at radius 2 is 2.19 bits per heavy atom. The fourth-order valence-electron chi connectivity index (χ4n) is 3.93. The van der Waals surface area contributed by atoms with E-state index in [-0.39, 0.29) is 17.1 Å². The number of aryl methyl sites for hydroxylation is 1. The number of nitrogens with one attached hydrogen (secondary N) is 2. The normalized spacial score (nSPS) is 16.6. The first-order valence-corrected chi connectivity index (χ1v) is 10.9. The third-order valence-corrected chi connectivity index (χ3v) is 5.56. The Morgan fingerprint density at radius 1 is 1.34 bits per heavy atom. The van der Waals surface area contributed by atoms with Crippen LogP contribution in [0.15, 0.2) is 24.7 Å². The van der Waals surface area contributed by atoms with Crippen molar-refractivity contribution < 1.29 is 13.9 Å². The Kier molecular flexibility index (Phi) is 6.50. The van der Waals surface area contributed by atoms with Gasteiger partial charge in [-0.25, -0.2) is 14.4 Å². The van der Waals surface area contributed by atoms with Crippen LogP contribution in [0.1, 0.15) is 42.2 Å². The van der Waals surface area contributed by atoms with Crippen molar-refractivity contribution in [2.75, 3.05) is 37.0 Å². The van der Waals surface area contributed by atoms with Gasteiger partial charge in [0.2, 0.25) is 11.8 Å². The first kappa shape index (κ1) is 21.9. The second-order valence-corrected chi connectivity index (χ2v) is 7.91. The summed E-state index contributed by atoms with van der Waals surface area (Å²) >= 11 is 0. The molecule has 1 aliphatic heterocycles. The molecule has 1 fully saturated rings. The molecule has 1 aliphatic rings. The molecular formula is C22H28FN7O2. The molecule has 0 aromatic carbocycles. The van der Waals surface area contributed by atoms with E-state index in [2.05, 4.69) is 25.6 Å². The second kappa shape index (κ2) is 9.47. The van der Waals surface area contributed by atoms with E-state index in [9.17, 15) is 9.18 Å². The maximum Gasteiger partial charge on any atom is 0.262 e. The van der Waals surface area contributed by atoms with Crippen molar-refractivity contribution >= 4 is 23.2 Å². The van der Waals surface area contributed by atoms with Crippen LogP contribution in [0.3, 0.4) is 0 Å². The van der Waals surface area contributed by atoms with Crippen molar-refractivity contribution in [2.45, 2.75) is 39.2 Å². The monoisotopic (exact) mass is 441 g/mol. The molecule has 1 atom stereocenters. The van der Waals surface area contributed by atoms with E-state index in [1.165, 1.54) is 12.3 Å². The van der Waals surface area contributed by atoms with Gasteiger partial charge in [0.25, 0.3) is 5.91 Å². The number of aromatic nitrogens is 4. The van der Waals surface area contributed by atoms with Crippen LogP contribution >= 0.6 is 0 Å². The van der Waals surface area contributed by atoms with E-state index in [4.69, 9.17) is 4.74 Å². The van der Waals surface area contributed by atoms with Crippen molar-refractivity contribution in [2.24, 2.45) is 0 Å². The Bertz CT molecular complexity index is 1110. The van der Waals surface area contributed by atoms with Gasteiger partial charge < -0.3 is 24.7 Å². The number of hydrogen-bond donors (Lipinski definition) is 2. The van der Waals surface area contributed by atoms with Crippen molar-refractivity contribution in [3.8, 4) is 5.88 Å². The molecule has 2 N–H and O–H groups in total. The van der Waals surface area contributed by atoms with Gasteiger partial charge in [0.1, 0.15) is 5.56 Å². The standard InChI is InChI=1S/C22H28FN7O2/c1-4-32-21-17(11-25-22(28-21)29(3)16-6-5-8-24-9-7-16)20(31)27-15-10-18(23)19-26-14(2)12-30(19)13-15/h10-13,16,24H,4-9H2,1-3H3,(H,27,31). The van der Waals surface area contributed by atoms with E-state index in [0.29, 0.717) is 30.0 Å². The van der Waals surface area contributed by atoms with Gasteiger partial charge in [-0.3, -0.25) is 4.79 Å². The molecule has 4 heterocycles. The molecule has 10 heteroatoms. The molecule has 170 valence electrons. The number of nitrogens with zero attached hydrogens (tertiary/aromatic N) is 5. The van der Waals surface area contributed by atoms with Crippen LogP contribution in [0.5, 0.6) is 5.88 Å². The molecule has 0 bridgehead atoms. The first-order chi connectivity index (χ1) is 15.5. The minimum Gasteiger partial charge on any atom is -0.477 e. The highest BCUT2D eigenvalue weighted by Crippen LogP contribution is 2.24. The summed E-state index contributed by atoms with van der Waals surface area (Å²) in [5.41, 5.74) is 1.38. The fraction of sp³-hybridized carbons (Fsp3) is 0.455. The number of ether oxygens (including phenoxy) is 1. The van der Waals surface area contributed by atoms with E-state index < -0.39 is 11.7 Å². The molecule has 0 saturated carbocycles. The van der Waals surface area contributed by atoms with Crippen LogP contribution in [-0.4, -0.2) is 58.0 Å². The molecule has 0 aliphatic carbocycles. The molecule has 0 radical (unpaired) electrons. The summed E-state index contributed by atoms with van der Waals surface area (Å²) in [6.07, 6.45) is 7.89. The molecule has 0 spiro atoms. The Balaban J connectivity index is 1.57. The number of carbonyl (C=O) groups is 1. The number of carbonyl (C=O) groups excluding carboxylic acids is 1. The van der Waals surface area contributed by atoms with Crippen LogP contribution in [0.2, 0.25) is 0 Å². The zero-order valence-electron chi connectivity index (χ0n) is 18.6. The number of hydrogen-bond acceptors (Lipinski definition) is 7. The van der Waals surface area contributed by atoms with Gasteiger partial charge in [-0.15, -0.1) is 0 Å². The average Bonchev–Trinajstić information content (AvgIpc) is 2.97. The van der Waals surface area contributed by atoms with Gasteiger partial charge in [-0.1, -0.05) is 0 Å². The molecule has 1 amide bonds. The smallest absolute Gasteiger partial charge is 0.262 e. The van der Waals surface area contributed by atoms with Gasteiger partial charge in [0.15, 0.2) is 11.5 Å². The van der Waals surface area contributed by atoms with Crippen molar-refractivity contribution in [1.82, 2.24) is 24.7 Å². The van der Waals surface area contributed by atoms with E-state index in [0.717, 1.165) is 32.4 Å². The van der Waals surface area contributed by atoms with Gasteiger partial charge in [-0.2, -0.15) is 4.98 Å². The number of imidazole rings is 1. The van der Waals surface area contributed by atoms with Crippen molar-refractivity contribution in [3.05, 3.63) is 41.7 Å². The molecule has 3 aromatic rings. The molecular weight excluding hydrogens is 413 g/mol. The predicted octanol–water partition coefficient (Wildman–Crippen LogP) is 2.80. The number of rotatable bonds is 6. The van der Waals surface area contributed by atoms with Gasteiger partial charge in [0, 0.05) is 37.7 Å². The summed E-state index contributed by atoms with van der Waals surface area (Å²) in [6, 6.07) is 1.55. The van der Waals surface area contributed by atoms with Crippen LogP contribution in [0.4, 0.5) is 16.0 Å². The number of halogens is 1. The maximum atomic E-state index is 14.4. The molecule has 32 heavy (non-hydrogen) atoms. The Hall–Kier alpha value is -3.27. The lowest BCUT2D eigenvalue weighted by molar-refractivity contribution is 0.102. The first-order valence-electron chi connectivity index (χ1n) is 10.9. The Morgan fingerprint density at radius 3 is 3.00 bits per heavy atom. The fourth-order valence-corrected chi connectivity index (χ4v) is 3.93. The van der Waals surface area contributed by atoms with Gasteiger partial charge >= 0.3 is 0 Å². The summed E-state index contributed by atoms with van der Waals surface area (Å²) in [6.45, 7) is 5.92. The number of fused-ring (bicyclic) bond motifs is 1. The number of amides is 1. The minimum absolute atomic E-state index is 0.189. The quantitative estimate of drug-likeness (QED) is 0.607. The van der Waals surface area contributed by atoms with E-state index in [1.54, 1.807) is 23.7 Å². The third-order valence-electron chi connectivity index (χ3n) is 5.56. The summed E-state index contributed by atoms with van der Waals surface area (Å²) < 4.78 is 21.6. The lowest BCUT2D eigenvalue weighted by Crippen LogP contribution is -2.34. The predicted molar refractivity (Wildman–Crippen MR) is 120 cm³/mol. The van der Waals surface area contributed by atoms with Crippen molar-refractivity contribution in [3.63, 3.8) is 0 Å². The Labute approximate surface area is 186 Å². The minimum atomic E-state index is -0.521. The molecule has 1 unspecified atom stereocenters. The van der Waals surface area contributed by atoms with E-state index >= 15 is 0 Å². The van der Waals surface area contributed by atoms with Crippen molar-refractivity contribution in [1.29, 1.82) is 0 Å². The highest BCUT2D eigenvalue weighted by atomic mass is 19.1. The zero-order valence-corrected chi connectivity index (χ0v) is 18.6. The molecule has 3 aromatic heterocycles. The summed E-state index contributed by atoms with van der Waals surface area (Å²) in [4.78, 5) is 28.1.